The summed E-state index contributed by atoms with van der Waals surface area (Å²) >= 11 is 5.91. The first-order chi connectivity index (χ1) is 12.0. The Hall–Kier alpha value is -2.53. The van der Waals surface area contributed by atoms with Crippen molar-refractivity contribution in [3.05, 3.63) is 58.6 Å². The lowest BCUT2D eigenvalue weighted by atomic mass is 10.1. The van der Waals surface area contributed by atoms with Gasteiger partial charge in [0.15, 0.2) is 0 Å². The number of benzene rings is 2. The molecule has 2 amide bonds. The third kappa shape index (κ3) is 4.73. The van der Waals surface area contributed by atoms with Crippen molar-refractivity contribution in [2.75, 3.05) is 12.4 Å². The molecule has 2 aromatic carbocycles. The number of hydrogen-bond acceptors (Lipinski definition) is 3. The first kappa shape index (κ1) is 17.3. The Kier molecular flexibility index (Phi) is 5.24. The number of carbonyl (C=O) groups is 2. The lowest BCUT2D eigenvalue weighted by Gasteiger charge is -2.10. The summed E-state index contributed by atoms with van der Waals surface area (Å²) in [4.78, 5) is 24.2. The van der Waals surface area contributed by atoms with Gasteiger partial charge in [-0.2, -0.15) is 0 Å². The van der Waals surface area contributed by atoms with Crippen LogP contribution in [-0.2, 0) is 11.2 Å². The summed E-state index contributed by atoms with van der Waals surface area (Å²) in [5.74, 6) is 0.163. The molecule has 0 bridgehead atoms. The SMILES string of the molecule is COc1cc(Cl)ccc1C(=O)Nc1ccc(CC(=O)NC2CC2)cc1. The number of ether oxygens (including phenoxy) is 1. The molecule has 5 nitrogen and oxygen atoms in total. The summed E-state index contributed by atoms with van der Waals surface area (Å²) < 4.78 is 5.19. The van der Waals surface area contributed by atoms with E-state index in [9.17, 15) is 9.59 Å². The summed E-state index contributed by atoms with van der Waals surface area (Å²) in [5.41, 5.74) is 1.95. The molecule has 0 atom stereocenters. The van der Waals surface area contributed by atoms with Gasteiger partial charge in [0.25, 0.3) is 5.91 Å². The largest absolute Gasteiger partial charge is 0.496 e. The fraction of sp³-hybridized carbons (Fsp3) is 0.263. The van der Waals surface area contributed by atoms with Gasteiger partial charge in [0.2, 0.25) is 5.91 Å². The van der Waals surface area contributed by atoms with Crippen LogP contribution in [0.4, 0.5) is 5.69 Å². The van der Waals surface area contributed by atoms with E-state index in [2.05, 4.69) is 10.6 Å². The zero-order valence-corrected chi connectivity index (χ0v) is 14.6. The van der Waals surface area contributed by atoms with E-state index in [1.165, 1.54) is 7.11 Å². The maximum atomic E-state index is 12.4. The topological polar surface area (TPSA) is 67.4 Å². The fourth-order valence-electron chi connectivity index (χ4n) is 2.45. The minimum absolute atomic E-state index is 0.0326. The van der Waals surface area contributed by atoms with Gasteiger partial charge < -0.3 is 15.4 Å². The third-order valence-corrected chi connectivity index (χ3v) is 4.16. The third-order valence-electron chi connectivity index (χ3n) is 3.93. The molecule has 130 valence electrons. The lowest BCUT2D eigenvalue weighted by Crippen LogP contribution is -2.26. The summed E-state index contributed by atoms with van der Waals surface area (Å²) in [5, 5.41) is 6.27. The van der Waals surface area contributed by atoms with Crippen molar-refractivity contribution in [3.8, 4) is 5.75 Å². The summed E-state index contributed by atoms with van der Waals surface area (Å²) in [6.07, 6.45) is 2.49. The van der Waals surface area contributed by atoms with Crippen LogP contribution < -0.4 is 15.4 Å². The molecule has 0 unspecified atom stereocenters. The van der Waals surface area contributed by atoms with E-state index in [4.69, 9.17) is 16.3 Å². The van der Waals surface area contributed by atoms with Gasteiger partial charge >= 0.3 is 0 Å². The Labute approximate surface area is 151 Å². The molecule has 0 saturated heterocycles. The number of anilines is 1. The molecule has 2 aromatic rings. The standard InChI is InChI=1S/C19H19ClN2O3/c1-25-17-11-13(20)4-9-16(17)19(24)22-15-5-2-12(3-6-15)10-18(23)21-14-7-8-14/h2-6,9,11,14H,7-8,10H2,1H3,(H,21,23)(H,22,24). The maximum absolute atomic E-state index is 12.4. The van der Waals surface area contributed by atoms with Crippen LogP contribution in [0, 0.1) is 0 Å². The molecule has 0 spiro atoms. The van der Waals surface area contributed by atoms with E-state index >= 15 is 0 Å². The molecule has 0 aromatic heterocycles. The zero-order chi connectivity index (χ0) is 17.8. The normalized spacial score (nSPS) is 13.2. The first-order valence-corrected chi connectivity index (χ1v) is 8.46. The fourth-order valence-corrected chi connectivity index (χ4v) is 2.61. The molecule has 25 heavy (non-hydrogen) atoms. The highest BCUT2D eigenvalue weighted by atomic mass is 35.5. The van der Waals surface area contributed by atoms with Crippen LogP contribution >= 0.6 is 11.6 Å². The smallest absolute Gasteiger partial charge is 0.259 e. The van der Waals surface area contributed by atoms with Gasteiger partial charge in [-0.3, -0.25) is 9.59 Å². The molecule has 0 radical (unpaired) electrons. The maximum Gasteiger partial charge on any atom is 0.259 e. The Bertz CT molecular complexity index is 786. The minimum Gasteiger partial charge on any atom is -0.496 e. The second-order valence-corrected chi connectivity index (χ2v) is 6.45. The summed E-state index contributed by atoms with van der Waals surface area (Å²) in [6, 6.07) is 12.4. The molecule has 1 saturated carbocycles. The van der Waals surface area contributed by atoms with E-state index < -0.39 is 0 Å². The Morgan fingerprint density at radius 3 is 2.52 bits per heavy atom. The number of rotatable bonds is 6. The monoisotopic (exact) mass is 358 g/mol. The van der Waals surface area contributed by atoms with Crippen LogP contribution in [0.3, 0.4) is 0 Å². The number of halogens is 1. The summed E-state index contributed by atoms with van der Waals surface area (Å²) in [6.45, 7) is 0. The van der Waals surface area contributed by atoms with Gasteiger partial charge in [-0.25, -0.2) is 0 Å². The molecule has 2 N–H and O–H groups in total. The van der Waals surface area contributed by atoms with Crippen LogP contribution in [0.2, 0.25) is 5.02 Å². The first-order valence-electron chi connectivity index (χ1n) is 8.08. The highest BCUT2D eigenvalue weighted by Gasteiger charge is 2.23. The molecule has 1 aliphatic rings. The molecular weight excluding hydrogens is 340 g/mol. The number of amides is 2. The van der Waals surface area contributed by atoms with Crippen molar-refractivity contribution in [3.63, 3.8) is 0 Å². The van der Waals surface area contributed by atoms with E-state index in [1.54, 1.807) is 30.3 Å². The second-order valence-electron chi connectivity index (χ2n) is 6.01. The van der Waals surface area contributed by atoms with Crippen molar-refractivity contribution in [2.45, 2.75) is 25.3 Å². The molecule has 0 aliphatic heterocycles. The van der Waals surface area contributed by atoms with Crippen molar-refractivity contribution >= 4 is 29.1 Å². The number of carbonyl (C=O) groups excluding carboxylic acids is 2. The Balaban J connectivity index is 1.62. The molecule has 1 aliphatic carbocycles. The van der Waals surface area contributed by atoms with Gasteiger partial charge in [-0.05, 0) is 48.7 Å². The van der Waals surface area contributed by atoms with Crippen LogP contribution in [0.5, 0.6) is 5.75 Å². The van der Waals surface area contributed by atoms with Crippen molar-refractivity contribution in [1.29, 1.82) is 0 Å². The number of nitrogens with one attached hydrogen (secondary N) is 2. The highest BCUT2D eigenvalue weighted by Crippen LogP contribution is 2.24. The van der Waals surface area contributed by atoms with E-state index in [1.807, 2.05) is 12.1 Å². The summed E-state index contributed by atoms with van der Waals surface area (Å²) in [7, 11) is 1.49. The quantitative estimate of drug-likeness (QED) is 0.831. The average molecular weight is 359 g/mol. The second kappa shape index (κ2) is 7.57. The number of hydrogen-bond donors (Lipinski definition) is 2. The molecule has 3 rings (SSSR count). The minimum atomic E-state index is -0.284. The van der Waals surface area contributed by atoms with Gasteiger partial charge in [0, 0.05) is 16.8 Å². The van der Waals surface area contributed by atoms with Crippen LogP contribution in [-0.4, -0.2) is 25.0 Å². The highest BCUT2D eigenvalue weighted by molar-refractivity contribution is 6.31. The van der Waals surface area contributed by atoms with Crippen molar-refractivity contribution < 1.29 is 14.3 Å². The van der Waals surface area contributed by atoms with Crippen molar-refractivity contribution in [2.24, 2.45) is 0 Å². The zero-order valence-electron chi connectivity index (χ0n) is 13.8. The van der Waals surface area contributed by atoms with Gasteiger partial charge in [0.1, 0.15) is 5.75 Å². The van der Waals surface area contributed by atoms with Gasteiger partial charge in [0.05, 0.1) is 19.1 Å². The van der Waals surface area contributed by atoms with E-state index in [-0.39, 0.29) is 11.8 Å². The van der Waals surface area contributed by atoms with Gasteiger partial charge in [-0.1, -0.05) is 23.7 Å². The Morgan fingerprint density at radius 2 is 1.88 bits per heavy atom. The van der Waals surface area contributed by atoms with Crippen LogP contribution in [0.25, 0.3) is 0 Å². The molecular formula is C19H19ClN2O3. The predicted octanol–water partition coefficient (Wildman–Crippen LogP) is 3.42. The van der Waals surface area contributed by atoms with Crippen molar-refractivity contribution in [1.82, 2.24) is 5.32 Å². The van der Waals surface area contributed by atoms with E-state index in [0.717, 1.165) is 18.4 Å². The molecule has 0 heterocycles. The molecule has 6 heteroatoms. The van der Waals surface area contributed by atoms with Gasteiger partial charge in [-0.15, -0.1) is 0 Å². The van der Waals surface area contributed by atoms with E-state index in [0.29, 0.717) is 34.5 Å². The molecule has 1 fully saturated rings. The van der Waals surface area contributed by atoms with Crippen LogP contribution in [0.15, 0.2) is 42.5 Å². The Morgan fingerprint density at radius 1 is 1.16 bits per heavy atom. The number of methoxy groups -OCH3 is 1. The van der Waals surface area contributed by atoms with Crippen LogP contribution in [0.1, 0.15) is 28.8 Å². The predicted molar refractivity (Wildman–Crippen MR) is 97.3 cm³/mol. The lowest BCUT2D eigenvalue weighted by molar-refractivity contribution is -0.120. The average Bonchev–Trinajstić information content (AvgIpc) is 3.40.